The van der Waals surface area contributed by atoms with Crippen molar-refractivity contribution in [3.63, 3.8) is 0 Å². The van der Waals surface area contributed by atoms with Crippen LogP contribution in [0.25, 0.3) is 28.0 Å². The molecule has 0 atom stereocenters. The minimum absolute atomic E-state index is 0.191. The molecule has 35 heavy (non-hydrogen) atoms. The second kappa shape index (κ2) is 9.55. The Hall–Kier alpha value is -4.25. The van der Waals surface area contributed by atoms with Crippen LogP contribution in [-0.4, -0.2) is 15.3 Å². The zero-order chi connectivity index (χ0) is 24.4. The van der Waals surface area contributed by atoms with Crippen molar-refractivity contribution in [3.05, 3.63) is 114 Å². The molecule has 0 radical (unpaired) electrons. The molecule has 0 unspecified atom stereocenters. The van der Waals surface area contributed by atoms with Crippen molar-refractivity contribution in [2.75, 3.05) is 5.32 Å². The van der Waals surface area contributed by atoms with E-state index in [9.17, 15) is 9.18 Å². The highest BCUT2D eigenvalue weighted by Gasteiger charge is 2.17. The number of imidazole rings is 1. The Bertz CT molecular complexity index is 1520. The van der Waals surface area contributed by atoms with Crippen LogP contribution in [0, 0.1) is 19.7 Å². The molecule has 2 aromatic heterocycles. The lowest BCUT2D eigenvalue weighted by Crippen LogP contribution is -2.14. The first-order valence-electron chi connectivity index (χ1n) is 11.7. The van der Waals surface area contributed by atoms with Gasteiger partial charge >= 0.3 is 0 Å². The van der Waals surface area contributed by atoms with E-state index in [2.05, 4.69) is 54.0 Å². The van der Waals surface area contributed by atoms with Gasteiger partial charge in [-0.3, -0.25) is 4.79 Å². The average Bonchev–Trinajstić information content (AvgIpc) is 3.24. The van der Waals surface area contributed by atoms with Gasteiger partial charge in [-0.2, -0.15) is 0 Å². The molecule has 0 bridgehead atoms. The van der Waals surface area contributed by atoms with Crippen molar-refractivity contribution in [1.29, 1.82) is 0 Å². The molecule has 5 aromatic rings. The number of benzene rings is 3. The number of hydrogen-bond acceptors (Lipinski definition) is 2. The number of nitrogens with one attached hydrogen (secondary N) is 1. The highest BCUT2D eigenvalue weighted by atomic mass is 19.1. The maximum Gasteiger partial charge on any atom is 0.224 e. The summed E-state index contributed by atoms with van der Waals surface area (Å²) in [6, 6.07) is 26.7. The van der Waals surface area contributed by atoms with Crippen molar-refractivity contribution in [1.82, 2.24) is 9.38 Å². The van der Waals surface area contributed by atoms with Gasteiger partial charge in [-0.15, -0.1) is 0 Å². The van der Waals surface area contributed by atoms with Crippen molar-refractivity contribution >= 4 is 17.2 Å². The van der Waals surface area contributed by atoms with Crippen LogP contribution < -0.4 is 5.32 Å². The van der Waals surface area contributed by atoms with E-state index in [0.717, 1.165) is 28.2 Å². The number of nitrogens with zero attached hydrogens (tertiary/aromatic N) is 2. The first-order valence-corrected chi connectivity index (χ1v) is 11.7. The Kier molecular flexibility index (Phi) is 6.15. The molecule has 0 aliphatic rings. The Morgan fingerprint density at radius 2 is 1.69 bits per heavy atom. The number of rotatable bonds is 6. The van der Waals surface area contributed by atoms with E-state index in [1.165, 1.54) is 22.8 Å². The third-order valence-corrected chi connectivity index (χ3v) is 6.21. The van der Waals surface area contributed by atoms with Crippen LogP contribution in [0.15, 0.2) is 91.1 Å². The molecule has 3 aromatic carbocycles. The van der Waals surface area contributed by atoms with Crippen molar-refractivity contribution < 1.29 is 9.18 Å². The molecule has 0 fully saturated rings. The van der Waals surface area contributed by atoms with Crippen molar-refractivity contribution in [2.45, 2.75) is 26.7 Å². The fourth-order valence-corrected chi connectivity index (χ4v) is 4.37. The molecular weight excluding hydrogens is 437 g/mol. The van der Waals surface area contributed by atoms with E-state index in [1.54, 1.807) is 18.2 Å². The van der Waals surface area contributed by atoms with E-state index >= 15 is 0 Å². The number of carbonyl (C=O) groups excluding carboxylic acids is 1. The maximum absolute atomic E-state index is 14.0. The predicted molar refractivity (Wildman–Crippen MR) is 139 cm³/mol. The summed E-state index contributed by atoms with van der Waals surface area (Å²) < 4.78 is 16.1. The largest absolute Gasteiger partial charge is 0.324 e. The lowest BCUT2D eigenvalue weighted by molar-refractivity contribution is -0.116. The summed E-state index contributed by atoms with van der Waals surface area (Å²) in [4.78, 5) is 17.6. The molecule has 1 N–H and O–H groups in total. The highest BCUT2D eigenvalue weighted by molar-refractivity contribution is 5.91. The standard InChI is InChI=1S/C30H26FN3O/c1-20-12-13-21(2)24(18-20)23-14-16-28-33-30(22-8-4-3-5-9-22)27(34(28)19-23)15-17-29(35)32-26-11-7-6-10-25(26)31/h3-14,16,18-19H,15,17H2,1-2H3,(H,32,35). The Morgan fingerprint density at radius 1 is 0.914 bits per heavy atom. The van der Waals surface area contributed by atoms with Crippen molar-refractivity contribution in [2.24, 2.45) is 0 Å². The van der Waals surface area contributed by atoms with E-state index in [1.807, 2.05) is 36.4 Å². The van der Waals surface area contributed by atoms with Crippen molar-refractivity contribution in [3.8, 4) is 22.4 Å². The molecular formula is C30H26FN3O. The molecule has 2 heterocycles. The molecule has 0 aliphatic carbocycles. The van der Waals surface area contributed by atoms with Crippen LogP contribution in [0.5, 0.6) is 0 Å². The summed E-state index contributed by atoms with van der Waals surface area (Å²) in [6.45, 7) is 4.20. The number of anilines is 1. The smallest absolute Gasteiger partial charge is 0.224 e. The zero-order valence-electron chi connectivity index (χ0n) is 19.8. The topological polar surface area (TPSA) is 46.4 Å². The minimum Gasteiger partial charge on any atom is -0.324 e. The molecule has 0 saturated heterocycles. The maximum atomic E-state index is 14.0. The summed E-state index contributed by atoms with van der Waals surface area (Å²) >= 11 is 0. The number of carbonyl (C=O) groups is 1. The number of hydrogen-bond donors (Lipinski definition) is 1. The summed E-state index contributed by atoms with van der Waals surface area (Å²) in [7, 11) is 0. The summed E-state index contributed by atoms with van der Waals surface area (Å²) in [6.07, 6.45) is 2.76. The summed E-state index contributed by atoms with van der Waals surface area (Å²) in [5.74, 6) is -0.687. The van der Waals surface area contributed by atoms with E-state index < -0.39 is 5.82 Å². The van der Waals surface area contributed by atoms with Gasteiger partial charge in [0.1, 0.15) is 11.5 Å². The lowest BCUT2D eigenvalue weighted by Gasteiger charge is -2.10. The van der Waals surface area contributed by atoms with Gasteiger partial charge in [-0.05, 0) is 61.2 Å². The molecule has 1 amide bonds. The normalized spacial score (nSPS) is 11.1. The molecule has 5 heteroatoms. The second-order valence-corrected chi connectivity index (χ2v) is 8.77. The number of amides is 1. The van der Waals surface area contributed by atoms with Crippen LogP contribution in [0.3, 0.4) is 0 Å². The quantitative estimate of drug-likeness (QED) is 0.295. The molecule has 0 saturated carbocycles. The average molecular weight is 464 g/mol. The van der Waals surface area contributed by atoms with E-state index in [-0.39, 0.29) is 18.0 Å². The third-order valence-electron chi connectivity index (χ3n) is 6.21. The molecule has 0 aliphatic heterocycles. The number of fused-ring (bicyclic) bond motifs is 1. The number of halogens is 1. The van der Waals surface area contributed by atoms with E-state index in [4.69, 9.17) is 4.98 Å². The fraction of sp³-hybridized carbons (Fsp3) is 0.133. The van der Waals surface area contributed by atoms with Crippen LogP contribution in [0.4, 0.5) is 10.1 Å². The number of pyridine rings is 1. The monoisotopic (exact) mass is 463 g/mol. The van der Waals surface area contributed by atoms with Gasteiger partial charge in [0.15, 0.2) is 0 Å². The predicted octanol–water partition coefficient (Wildman–Crippen LogP) is 7.00. The minimum atomic E-state index is -0.446. The van der Waals surface area contributed by atoms with Gasteiger partial charge in [0.25, 0.3) is 0 Å². The molecule has 0 spiro atoms. The zero-order valence-corrected chi connectivity index (χ0v) is 19.8. The summed E-state index contributed by atoms with van der Waals surface area (Å²) in [5, 5.41) is 2.69. The van der Waals surface area contributed by atoms with Gasteiger partial charge in [0.05, 0.1) is 17.1 Å². The summed E-state index contributed by atoms with van der Waals surface area (Å²) in [5.41, 5.74) is 8.46. The Balaban J connectivity index is 1.53. The number of aromatic nitrogens is 2. The SMILES string of the molecule is Cc1ccc(C)c(-c2ccc3nc(-c4ccccc4)c(CCC(=O)Nc4ccccc4F)n3c2)c1. The Labute approximate surface area is 204 Å². The first kappa shape index (κ1) is 22.5. The van der Waals surface area contributed by atoms with Gasteiger partial charge in [0, 0.05) is 18.2 Å². The second-order valence-electron chi connectivity index (χ2n) is 8.77. The molecule has 5 rings (SSSR count). The Morgan fingerprint density at radius 3 is 2.49 bits per heavy atom. The third kappa shape index (κ3) is 4.71. The fourth-order valence-electron chi connectivity index (χ4n) is 4.37. The lowest BCUT2D eigenvalue weighted by atomic mass is 10.00. The first-order chi connectivity index (χ1) is 17.0. The number of para-hydroxylation sites is 1. The van der Waals surface area contributed by atoms with Gasteiger partial charge in [-0.1, -0.05) is 66.2 Å². The van der Waals surface area contributed by atoms with Gasteiger partial charge in [-0.25, -0.2) is 9.37 Å². The van der Waals surface area contributed by atoms with Crippen LogP contribution in [0.1, 0.15) is 23.2 Å². The van der Waals surface area contributed by atoms with Crippen LogP contribution in [-0.2, 0) is 11.2 Å². The molecule has 4 nitrogen and oxygen atoms in total. The molecule has 174 valence electrons. The van der Waals surface area contributed by atoms with E-state index in [0.29, 0.717) is 6.42 Å². The van der Waals surface area contributed by atoms with Gasteiger partial charge < -0.3 is 9.72 Å². The van der Waals surface area contributed by atoms with Gasteiger partial charge in [0.2, 0.25) is 5.91 Å². The number of aryl methyl sites for hydroxylation is 3. The van der Waals surface area contributed by atoms with Crippen LogP contribution in [0.2, 0.25) is 0 Å². The van der Waals surface area contributed by atoms with Crippen LogP contribution >= 0.6 is 0 Å². The highest BCUT2D eigenvalue weighted by Crippen LogP contribution is 2.30.